The molecule has 170 valence electrons. The maximum atomic E-state index is 12.9. The summed E-state index contributed by atoms with van der Waals surface area (Å²) < 4.78 is 32.2. The highest BCUT2D eigenvalue weighted by Crippen LogP contribution is 2.19. The van der Waals surface area contributed by atoms with Crippen molar-refractivity contribution in [2.45, 2.75) is 4.90 Å². The highest BCUT2D eigenvalue weighted by molar-refractivity contribution is 7.89. The molecule has 2 aromatic rings. The average molecular weight is 456 g/mol. The van der Waals surface area contributed by atoms with E-state index in [0.29, 0.717) is 45.0 Å². The lowest BCUT2D eigenvalue weighted by molar-refractivity contribution is 0.0650. The number of carbonyl (C=O) groups excluding carboxylic acids is 1. The number of hydrogen-bond donors (Lipinski definition) is 0. The van der Waals surface area contributed by atoms with Gasteiger partial charge in [0.1, 0.15) is 0 Å². The fourth-order valence-corrected chi connectivity index (χ4v) is 5.33. The number of morpholine rings is 1. The van der Waals surface area contributed by atoms with Crippen LogP contribution in [0.25, 0.3) is 6.08 Å². The molecule has 2 fully saturated rings. The molecule has 0 aromatic heterocycles. The first-order valence-corrected chi connectivity index (χ1v) is 12.4. The van der Waals surface area contributed by atoms with E-state index in [1.165, 1.54) is 22.0 Å². The summed E-state index contributed by atoms with van der Waals surface area (Å²) in [5.74, 6) is -0.0557. The lowest BCUT2D eigenvalue weighted by Gasteiger charge is -2.34. The van der Waals surface area contributed by atoms with Gasteiger partial charge in [-0.3, -0.25) is 9.69 Å². The van der Waals surface area contributed by atoms with Gasteiger partial charge >= 0.3 is 0 Å². The lowest BCUT2D eigenvalue weighted by atomic mass is 10.2. The maximum Gasteiger partial charge on any atom is 0.253 e. The SMILES string of the molecule is O=C(c1ccc(S(=O)(=O)N2CCOCC2)cc1)N1CCN(CC=Cc2ccccc2)CC1. The van der Waals surface area contributed by atoms with E-state index in [2.05, 4.69) is 29.2 Å². The number of hydrogen-bond acceptors (Lipinski definition) is 5. The molecule has 7 nitrogen and oxygen atoms in total. The van der Waals surface area contributed by atoms with E-state index >= 15 is 0 Å². The van der Waals surface area contributed by atoms with E-state index in [0.717, 1.165) is 19.6 Å². The van der Waals surface area contributed by atoms with Gasteiger partial charge in [-0.2, -0.15) is 4.31 Å². The molecule has 2 aliphatic rings. The fourth-order valence-electron chi connectivity index (χ4n) is 3.92. The lowest BCUT2D eigenvalue weighted by Crippen LogP contribution is -2.48. The van der Waals surface area contributed by atoms with Gasteiger partial charge in [-0.15, -0.1) is 0 Å². The standard InChI is InChI=1S/C24H29N3O4S/c28-24(22-8-10-23(11-9-22)32(29,30)27-17-19-31-20-18-27)26-15-13-25(14-16-26)12-4-7-21-5-2-1-3-6-21/h1-11H,12-20H2. The predicted molar refractivity (Wildman–Crippen MR) is 124 cm³/mol. The number of rotatable bonds is 6. The monoisotopic (exact) mass is 455 g/mol. The Morgan fingerprint density at radius 1 is 0.875 bits per heavy atom. The fraction of sp³-hybridized carbons (Fsp3) is 0.375. The number of sulfonamides is 1. The van der Waals surface area contributed by atoms with Crippen molar-refractivity contribution in [2.24, 2.45) is 0 Å². The molecule has 2 saturated heterocycles. The summed E-state index contributed by atoms with van der Waals surface area (Å²) in [5.41, 5.74) is 1.70. The van der Waals surface area contributed by atoms with Crippen LogP contribution in [0.5, 0.6) is 0 Å². The normalized spacial score (nSPS) is 18.8. The minimum absolute atomic E-state index is 0.0557. The molecule has 2 aliphatic heterocycles. The van der Waals surface area contributed by atoms with E-state index in [-0.39, 0.29) is 10.8 Å². The molecule has 0 spiro atoms. The van der Waals surface area contributed by atoms with Crippen molar-refractivity contribution < 1.29 is 17.9 Å². The van der Waals surface area contributed by atoms with Crippen molar-refractivity contribution in [3.63, 3.8) is 0 Å². The van der Waals surface area contributed by atoms with Gasteiger partial charge in [0.05, 0.1) is 18.1 Å². The van der Waals surface area contributed by atoms with E-state index < -0.39 is 10.0 Å². The van der Waals surface area contributed by atoms with Crippen LogP contribution in [0.3, 0.4) is 0 Å². The molecule has 0 bridgehead atoms. The minimum atomic E-state index is -3.55. The van der Waals surface area contributed by atoms with Crippen LogP contribution in [-0.2, 0) is 14.8 Å². The van der Waals surface area contributed by atoms with Crippen LogP contribution in [0.2, 0.25) is 0 Å². The first kappa shape index (κ1) is 22.7. The van der Waals surface area contributed by atoms with Gasteiger partial charge in [-0.1, -0.05) is 42.5 Å². The molecule has 2 heterocycles. The highest BCUT2D eigenvalue weighted by Gasteiger charge is 2.27. The van der Waals surface area contributed by atoms with Crippen LogP contribution in [0.4, 0.5) is 0 Å². The molecule has 2 aromatic carbocycles. The summed E-state index contributed by atoms with van der Waals surface area (Å²) >= 11 is 0. The third-order valence-corrected chi connectivity index (χ3v) is 7.75. The topological polar surface area (TPSA) is 70.2 Å². The van der Waals surface area contributed by atoms with Gasteiger partial charge < -0.3 is 9.64 Å². The molecular formula is C24H29N3O4S. The Kier molecular flexibility index (Phi) is 7.36. The average Bonchev–Trinajstić information content (AvgIpc) is 2.85. The minimum Gasteiger partial charge on any atom is -0.379 e. The largest absolute Gasteiger partial charge is 0.379 e. The van der Waals surface area contributed by atoms with Crippen molar-refractivity contribution in [3.05, 3.63) is 71.8 Å². The van der Waals surface area contributed by atoms with Crippen molar-refractivity contribution in [1.82, 2.24) is 14.1 Å². The van der Waals surface area contributed by atoms with E-state index in [1.54, 1.807) is 12.1 Å². The van der Waals surface area contributed by atoms with Crippen molar-refractivity contribution >= 4 is 22.0 Å². The molecule has 4 rings (SSSR count). The van der Waals surface area contributed by atoms with Gasteiger partial charge in [-0.25, -0.2) is 8.42 Å². The number of amides is 1. The number of ether oxygens (including phenoxy) is 1. The number of piperazine rings is 1. The molecule has 0 saturated carbocycles. The van der Waals surface area contributed by atoms with E-state index in [4.69, 9.17) is 4.74 Å². The van der Waals surface area contributed by atoms with Gasteiger partial charge in [-0.05, 0) is 29.8 Å². The molecule has 0 aliphatic carbocycles. The Morgan fingerprint density at radius 2 is 1.53 bits per heavy atom. The molecule has 32 heavy (non-hydrogen) atoms. The molecular weight excluding hydrogens is 426 g/mol. The zero-order valence-electron chi connectivity index (χ0n) is 18.1. The molecule has 0 radical (unpaired) electrons. The van der Waals surface area contributed by atoms with Crippen LogP contribution in [0.15, 0.2) is 65.6 Å². The Morgan fingerprint density at radius 3 is 2.19 bits per heavy atom. The van der Waals surface area contributed by atoms with Crippen molar-refractivity contribution in [2.75, 3.05) is 59.0 Å². The molecule has 0 unspecified atom stereocenters. The summed E-state index contributed by atoms with van der Waals surface area (Å²) in [6.07, 6.45) is 4.27. The second-order valence-electron chi connectivity index (χ2n) is 7.95. The summed E-state index contributed by atoms with van der Waals surface area (Å²) in [6, 6.07) is 16.5. The van der Waals surface area contributed by atoms with Crippen LogP contribution < -0.4 is 0 Å². The zero-order valence-corrected chi connectivity index (χ0v) is 18.9. The van der Waals surface area contributed by atoms with Gasteiger partial charge in [0.25, 0.3) is 5.91 Å². The first-order chi connectivity index (χ1) is 15.5. The van der Waals surface area contributed by atoms with Crippen molar-refractivity contribution in [1.29, 1.82) is 0 Å². The Bertz CT molecular complexity index is 1020. The Hall–Kier alpha value is -2.52. The van der Waals surface area contributed by atoms with Gasteiger partial charge in [0.15, 0.2) is 0 Å². The third kappa shape index (κ3) is 5.45. The smallest absolute Gasteiger partial charge is 0.253 e. The molecule has 1 amide bonds. The Balaban J connectivity index is 1.30. The first-order valence-electron chi connectivity index (χ1n) is 11.0. The summed E-state index contributed by atoms with van der Waals surface area (Å²) in [6.45, 7) is 5.32. The molecule has 8 heteroatoms. The summed E-state index contributed by atoms with van der Waals surface area (Å²) in [5, 5.41) is 0. The maximum absolute atomic E-state index is 12.9. The highest BCUT2D eigenvalue weighted by atomic mass is 32.2. The van der Waals surface area contributed by atoms with Crippen LogP contribution >= 0.6 is 0 Å². The van der Waals surface area contributed by atoms with Crippen LogP contribution in [-0.4, -0.2) is 87.5 Å². The van der Waals surface area contributed by atoms with E-state index in [1.807, 2.05) is 23.1 Å². The summed E-state index contributed by atoms with van der Waals surface area (Å²) in [7, 11) is -3.55. The second kappa shape index (κ2) is 10.4. The third-order valence-electron chi connectivity index (χ3n) is 5.84. The van der Waals surface area contributed by atoms with Crippen molar-refractivity contribution in [3.8, 4) is 0 Å². The zero-order chi connectivity index (χ0) is 22.4. The predicted octanol–water partition coefficient (Wildman–Crippen LogP) is 2.18. The number of nitrogens with zero attached hydrogens (tertiary/aromatic N) is 3. The van der Waals surface area contributed by atoms with Crippen LogP contribution in [0, 0.1) is 0 Å². The number of carbonyl (C=O) groups is 1. The van der Waals surface area contributed by atoms with E-state index in [9.17, 15) is 13.2 Å². The van der Waals surface area contributed by atoms with Gasteiger partial charge in [0.2, 0.25) is 10.0 Å². The van der Waals surface area contributed by atoms with Gasteiger partial charge in [0, 0.05) is 51.4 Å². The second-order valence-corrected chi connectivity index (χ2v) is 9.88. The molecule has 0 atom stereocenters. The Labute approximate surface area is 189 Å². The summed E-state index contributed by atoms with van der Waals surface area (Å²) in [4.78, 5) is 17.3. The molecule has 0 N–H and O–H groups in total. The quantitative estimate of drug-likeness (QED) is 0.668. The van der Waals surface area contributed by atoms with Crippen LogP contribution in [0.1, 0.15) is 15.9 Å². The number of benzene rings is 2.